The summed E-state index contributed by atoms with van der Waals surface area (Å²) in [5, 5.41) is 0. The van der Waals surface area contributed by atoms with Crippen LogP contribution in [0.3, 0.4) is 0 Å². The summed E-state index contributed by atoms with van der Waals surface area (Å²) in [5.41, 5.74) is 1.50. The lowest BCUT2D eigenvalue weighted by atomic mass is 9.97. The van der Waals surface area contributed by atoms with Gasteiger partial charge in [0.1, 0.15) is 17.7 Å². The average molecular weight is 358 g/mol. The van der Waals surface area contributed by atoms with E-state index in [-0.39, 0.29) is 23.7 Å². The lowest BCUT2D eigenvalue weighted by Crippen LogP contribution is -2.46. The summed E-state index contributed by atoms with van der Waals surface area (Å²) >= 11 is 0. The third-order valence-corrected chi connectivity index (χ3v) is 5.32. The average Bonchev–Trinajstić information content (AvgIpc) is 3.29. The van der Waals surface area contributed by atoms with E-state index in [1.54, 1.807) is 17.2 Å². The molecule has 1 fully saturated rings. The van der Waals surface area contributed by atoms with Crippen LogP contribution in [0, 0.1) is 11.7 Å². The molecule has 0 unspecified atom stereocenters. The van der Waals surface area contributed by atoms with E-state index in [0.29, 0.717) is 31.8 Å². The number of ether oxygens (including phenoxy) is 1. The SMILES string of the molecule is CCn1ccnc1[C@@H]1OCC[C@H]1C(=O)N1CCN(C)c2ccc(F)cc21. The number of hydrogen-bond donors (Lipinski definition) is 0. The van der Waals surface area contributed by atoms with Crippen molar-refractivity contribution >= 4 is 17.3 Å². The monoisotopic (exact) mass is 358 g/mol. The van der Waals surface area contributed by atoms with Gasteiger partial charge in [-0.25, -0.2) is 9.37 Å². The number of rotatable bonds is 3. The van der Waals surface area contributed by atoms with Crippen LogP contribution in [-0.4, -0.2) is 42.2 Å². The molecule has 7 heteroatoms. The van der Waals surface area contributed by atoms with Crippen molar-refractivity contribution in [1.29, 1.82) is 0 Å². The molecule has 0 bridgehead atoms. The summed E-state index contributed by atoms with van der Waals surface area (Å²) in [6.07, 6.45) is 3.94. The quantitative estimate of drug-likeness (QED) is 0.846. The van der Waals surface area contributed by atoms with Crippen molar-refractivity contribution in [2.24, 2.45) is 5.92 Å². The standard InChI is InChI=1S/C19H23FN4O2/c1-3-23-8-7-21-18(23)17-14(6-11-26-17)19(25)24-10-9-22(2)15-5-4-13(20)12-16(15)24/h4-5,7-8,12,14,17H,3,6,9-11H2,1-2H3/t14-,17-/m1/s1. The highest BCUT2D eigenvalue weighted by Crippen LogP contribution is 2.39. The number of nitrogens with zero attached hydrogens (tertiary/aromatic N) is 4. The maximum atomic E-state index is 13.8. The van der Waals surface area contributed by atoms with Crippen molar-refractivity contribution in [1.82, 2.24) is 9.55 Å². The second kappa shape index (κ2) is 6.72. The highest BCUT2D eigenvalue weighted by molar-refractivity contribution is 5.99. The zero-order valence-electron chi connectivity index (χ0n) is 15.1. The van der Waals surface area contributed by atoms with Crippen LogP contribution < -0.4 is 9.80 Å². The number of benzene rings is 1. The molecule has 0 N–H and O–H groups in total. The van der Waals surface area contributed by atoms with Gasteiger partial charge in [-0.3, -0.25) is 4.79 Å². The molecule has 0 spiro atoms. The normalized spacial score (nSPS) is 22.6. The number of carbonyl (C=O) groups excluding carboxylic acids is 1. The Morgan fingerprint density at radius 1 is 1.35 bits per heavy atom. The predicted molar refractivity (Wildman–Crippen MR) is 96.7 cm³/mol. The number of halogens is 1. The highest BCUT2D eigenvalue weighted by atomic mass is 19.1. The fraction of sp³-hybridized carbons (Fsp3) is 0.474. The van der Waals surface area contributed by atoms with Gasteiger partial charge in [0.05, 0.1) is 17.3 Å². The largest absolute Gasteiger partial charge is 0.371 e. The molecule has 6 nitrogen and oxygen atoms in total. The van der Waals surface area contributed by atoms with Gasteiger partial charge < -0.3 is 19.1 Å². The molecular weight excluding hydrogens is 335 g/mol. The fourth-order valence-corrected chi connectivity index (χ4v) is 3.90. The summed E-state index contributed by atoms with van der Waals surface area (Å²) < 4.78 is 21.7. The third kappa shape index (κ3) is 2.76. The van der Waals surface area contributed by atoms with Crippen molar-refractivity contribution in [2.45, 2.75) is 26.0 Å². The molecule has 2 aliphatic heterocycles. The number of hydrogen-bond acceptors (Lipinski definition) is 4. The van der Waals surface area contributed by atoms with Crippen LogP contribution >= 0.6 is 0 Å². The minimum atomic E-state index is -0.353. The molecule has 4 rings (SSSR count). The third-order valence-electron chi connectivity index (χ3n) is 5.32. The zero-order valence-corrected chi connectivity index (χ0v) is 15.1. The molecule has 26 heavy (non-hydrogen) atoms. The van der Waals surface area contributed by atoms with Crippen molar-refractivity contribution < 1.29 is 13.9 Å². The van der Waals surface area contributed by atoms with Crippen LogP contribution in [-0.2, 0) is 16.1 Å². The Kier molecular flexibility index (Phi) is 4.40. The van der Waals surface area contributed by atoms with Crippen LogP contribution in [0.15, 0.2) is 30.6 Å². The van der Waals surface area contributed by atoms with Gasteiger partial charge in [-0.15, -0.1) is 0 Å². The first-order valence-electron chi connectivity index (χ1n) is 9.05. The number of fused-ring (bicyclic) bond motifs is 1. The molecule has 2 atom stereocenters. The van der Waals surface area contributed by atoms with Crippen molar-refractivity contribution in [3.63, 3.8) is 0 Å². The Morgan fingerprint density at radius 3 is 3.00 bits per heavy atom. The first-order chi connectivity index (χ1) is 12.6. The first-order valence-corrected chi connectivity index (χ1v) is 9.05. The topological polar surface area (TPSA) is 50.6 Å². The Bertz CT molecular complexity index is 822. The van der Waals surface area contributed by atoms with Crippen molar-refractivity contribution in [3.05, 3.63) is 42.2 Å². The van der Waals surface area contributed by atoms with E-state index in [0.717, 1.165) is 18.1 Å². The van der Waals surface area contributed by atoms with E-state index in [1.165, 1.54) is 12.1 Å². The maximum Gasteiger partial charge on any atom is 0.233 e. The number of anilines is 2. The Balaban J connectivity index is 1.65. The second-order valence-electron chi connectivity index (χ2n) is 6.80. The number of imidazole rings is 1. The summed E-state index contributed by atoms with van der Waals surface area (Å²) in [7, 11) is 1.96. The molecule has 1 aromatic heterocycles. The molecule has 0 aliphatic carbocycles. The van der Waals surface area contributed by atoms with E-state index >= 15 is 0 Å². The minimum Gasteiger partial charge on any atom is -0.371 e. The van der Waals surface area contributed by atoms with Crippen LogP contribution in [0.1, 0.15) is 25.3 Å². The van der Waals surface area contributed by atoms with E-state index in [4.69, 9.17) is 4.74 Å². The molecule has 3 heterocycles. The van der Waals surface area contributed by atoms with Gasteiger partial charge in [0.25, 0.3) is 0 Å². The van der Waals surface area contributed by atoms with Gasteiger partial charge in [0.2, 0.25) is 5.91 Å². The molecule has 1 aromatic carbocycles. The fourth-order valence-electron chi connectivity index (χ4n) is 3.90. The molecular formula is C19H23FN4O2. The van der Waals surface area contributed by atoms with Crippen LogP contribution in [0.2, 0.25) is 0 Å². The number of likely N-dealkylation sites (N-methyl/N-ethyl adjacent to an activating group) is 1. The van der Waals surface area contributed by atoms with Gasteiger partial charge in [-0.1, -0.05) is 0 Å². The molecule has 0 radical (unpaired) electrons. The van der Waals surface area contributed by atoms with E-state index < -0.39 is 0 Å². The smallest absolute Gasteiger partial charge is 0.233 e. The molecule has 1 saturated heterocycles. The number of amides is 1. The van der Waals surface area contributed by atoms with Gasteiger partial charge >= 0.3 is 0 Å². The Hall–Kier alpha value is -2.41. The van der Waals surface area contributed by atoms with Crippen LogP contribution in [0.25, 0.3) is 0 Å². The van der Waals surface area contributed by atoms with E-state index in [2.05, 4.69) is 4.98 Å². The summed E-state index contributed by atoms with van der Waals surface area (Å²) in [5.74, 6) is 0.134. The maximum absolute atomic E-state index is 13.8. The lowest BCUT2D eigenvalue weighted by molar-refractivity contribution is -0.124. The Morgan fingerprint density at radius 2 is 2.19 bits per heavy atom. The molecule has 2 aliphatic rings. The summed E-state index contributed by atoms with van der Waals surface area (Å²) in [6.45, 7) is 4.60. The minimum absolute atomic E-state index is 0.0156. The predicted octanol–water partition coefficient (Wildman–Crippen LogP) is 2.60. The van der Waals surface area contributed by atoms with Gasteiger partial charge in [0, 0.05) is 45.7 Å². The molecule has 1 amide bonds. The van der Waals surface area contributed by atoms with Crippen LogP contribution in [0.4, 0.5) is 15.8 Å². The molecule has 2 aromatic rings. The lowest BCUT2D eigenvalue weighted by Gasteiger charge is -2.37. The van der Waals surface area contributed by atoms with E-state index in [1.807, 2.05) is 29.6 Å². The van der Waals surface area contributed by atoms with E-state index in [9.17, 15) is 9.18 Å². The summed E-state index contributed by atoms with van der Waals surface area (Å²) in [6, 6.07) is 4.61. The van der Waals surface area contributed by atoms with Gasteiger partial charge in [-0.05, 0) is 31.5 Å². The number of aromatic nitrogens is 2. The first kappa shape index (κ1) is 17.0. The number of aryl methyl sites for hydroxylation is 1. The summed E-state index contributed by atoms with van der Waals surface area (Å²) in [4.78, 5) is 21.5. The van der Waals surface area contributed by atoms with Gasteiger partial charge in [-0.2, -0.15) is 0 Å². The highest BCUT2D eigenvalue weighted by Gasteiger charge is 2.41. The van der Waals surface area contributed by atoms with Crippen LogP contribution in [0.5, 0.6) is 0 Å². The van der Waals surface area contributed by atoms with Gasteiger partial charge in [0.15, 0.2) is 0 Å². The molecule has 138 valence electrons. The second-order valence-corrected chi connectivity index (χ2v) is 6.80. The van der Waals surface area contributed by atoms with Crippen molar-refractivity contribution in [3.8, 4) is 0 Å². The Labute approximate surface area is 152 Å². The molecule has 0 saturated carbocycles. The van der Waals surface area contributed by atoms with Crippen molar-refractivity contribution in [2.75, 3.05) is 36.5 Å². The zero-order chi connectivity index (χ0) is 18.3. The number of carbonyl (C=O) groups is 1.